The zero-order valence-electron chi connectivity index (χ0n) is 9.52. The third-order valence-electron chi connectivity index (χ3n) is 3.00. The van der Waals surface area contributed by atoms with E-state index in [1.807, 2.05) is 5.32 Å². The van der Waals surface area contributed by atoms with Crippen LogP contribution in [0.3, 0.4) is 0 Å². The second-order valence-electron chi connectivity index (χ2n) is 4.18. The van der Waals surface area contributed by atoms with Crippen LogP contribution in [0.2, 0.25) is 0 Å². The SMILES string of the molecule is O=C1C[C@H](c2c(F)c(F)c(F)c(F)c2F)[C@@H](C(=O)O)N1. The smallest absolute Gasteiger partial charge is 0.326 e. The third kappa shape index (κ3) is 1.98. The first-order valence-corrected chi connectivity index (χ1v) is 5.29. The fourth-order valence-corrected chi connectivity index (χ4v) is 2.10. The number of rotatable bonds is 2. The number of hydrogen-bond acceptors (Lipinski definition) is 2. The van der Waals surface area contributed by atoms with Gasteiger partial charge in [0.25, 0.3) is 0 Å². The van der Waals surface area contributed by atoms with E-state index in [4.69, 9.17) is 5.11 Å². The molecule has 0 radical (unpaired) electrons. The summed E-state index contributed by atoms with van der Waals surface area (Å²) in [6, 6.07) is -1.75. The van der Waals surface area contributed by atoms with E-state index in [0.29, 0.717) is 0 Å². The fraction of sp³-hybridized carbons (Fsp3) is 0.273. The molecule has 2 atom stereocenters. The van der Waals surface area contributed by atoms with Gasteiger partial charge in [0.1, 0.15) is 6.04 Å². The highest BCUT2D eigenvalue weighted by atomic mass is 19.2. The molecule has 0 aromatic heterocycles. The van der Waals surface area contributed by atoms with Crippen LogP contribution in [0, 0.1) is 29.1 Å². The Bertz CT molecular complexity index is 590. The Labute approximate surface area is 108 Å². The molecule has 0 aliphatic carbocycles. The van der Waals surface area contributed by atoms with Crippen molar-refractivity contribution in [3.8, 4) is 0 Å². The molecule has 0 saturated carbocycles. The highest BCUT2D eigenvalue weighted by Gasteiger charge is 2.43. The van der Waals surface area contributed by atoms with Crippen molar-refractivity contribution < 1.29 is 36.6 Å². The lowest BCUT2D eigenvalue weighted by atomic mass is 9.90. The number of aliphatic carboxylic acids is 1. The van der Waals surface area contributed by atoms with Crippen molar-refractivity contribution in [2.45, 2.75) is 18.4 Å². The second-order valence-corrected chi connectivity index (χ2v) is 4.18. The van der Waals surface area contributed by atoms with Crippen molar-refractivity contribution >= 4 is 11.9 Å². The average molecular weight is 295 g/mol. The molecule has 1 saturated heterocycles. The standard InChI is InChI=1S/C11H6F5NO3/c12-5-4(6(13)8(15)9(16)7(5)14)2-1-3(18)17-10(2)11(19)20/h2,10H,1H2,(H,17,18)(H,19,20)/t2-,10+/m1/s1. The molecule has 1 heterocycles. The van der Waals surface area contributed by atoms with Gasteiger partial charge in [0, 0.05) is 17.9 Å². The number of carboxylic acid groups (broad SMARTS) is 1. The van der Waals surface area contributed by atoms with Gasteiger partial charge in [-0.1, -0.05) is 0 Å². The van der Waals surface area contributed by atoms with Crippen LogP contribution >= 0.6 is 0 Å². The van der Waals surface area contributed by atoms with E-state index in [1.165, 1.54) is 0 Å². The fourth-order valence-electron chi connectivity index (χ4n) is 2.10. The minimum Gasteiger partial charge on any atom is -0.480 e. The monoisotopic (exact) mass is 295 g/mol. The van der Waals surface area contributed by atoms with Gasteiger partial charge in [0.15, 0.2) is 23.3 Å². The second kappa shape index (κ2) is 4.73. The van der Waals surface area contributed by atoms with Crippen LogP contribution in [0.5, 0.6) is 0 Å². The lowest BCUT2D eigenvalue weighted by Crippen LogP contribution is -2.36. The van der Waals surface area contributed by atoms with Gasteiger partial charge in [-0.15, -0.1) is 0 Å². The number of halogens is 5. The molecule has 1 aliphatic heterocycles. The Morgan fingerprint density at radius 1 is 1.00 bits per heavy atom. The Morgan fingerprint density at radius 2 is 1.45 bits per heavy atom. The molecule has 0 unspecified atom stereocenters. The van der Waals surface area contributed by atoms with Gasteiger partial charge in [-0.2, -0.15) is 0 Å². The number of nitrogens with one attached hydrogen (secondary N) is 1. The van der Waals surface area contributed by atoms with Crippen LogP contribution in [0.15, 0.2) is 0 Å². The minimum atomic E-state index is -2.34. The van der Waals surface area contributed by atoms with Gasteiger partial charge in [0.2, 0.25) is 11.7 Å². The normalized spacial score (nSPS) is 21.9. The van der Waals surface area contributed by atoms with Crippen molar-refractivity contribution in [1.82, 2.24) is 5.32 Å². The number of amides is 1. The van der Waals surface area contributed by atoms with Gasteiger partial charge in [-0.25, -0.2) is 26.7 Å². The van der Waals surface area contributed by atoms with E-state index in [2.05, 4.69) is 0 Å². The van der Waals surface area contributed by atoms with Gasteiger partial charge >= 0.3 is 5.97 Å². The average Bonchev–Trinajstić information content (AvgIpc) is 2.76. The first-order valence-electron chi connectivity index (χ1n) is 5.29. The van der Waals surface area contributed by atoms with Crippen LogP contribution in [-0.4, -0.2) is 23.0 Å². The topological polar surface area (TPSA) is 66.4 Å². The lowest BCUT2D eigenvalue weighted by Gasteiger charge is -2.17. The molecule has 2 N–H and O–H groups in total. The molecule has 2 rings (SSSR count). The first-order chi connectivity index (χ1) is 9.25. The Balaban J connectivity index is 2.63. The van der Waals surface area contributed by atoms with E-state index in [9.17, 15) is 31.5 Å². The number of hydrogen-bond donors (Lipinski definition) is 2. The Hall–Kier alpha value is -2.19. The van der Waals surface area contributed by atoms with Gasteiger partial charge in [-0.05, 0) is 0 Å². The van der Waals surface area contributed by atoms with Crippen molar-refractivity contribution in [2.24, 2.45) is 0 Å². The van der Waals surface area contributed by atoms with Gasteiger partial charge < -0.3 is 10.4 Å². The van der Waals surface area contributed by atoms with Crippen LogP contribution in [0.1, 0.15) is 17.9 Å². The van der Waals surface area contributed by atoms with E-state index >= 15 is 0 Å². The molecule has 1 amide bonds. The van der Waals surface area contributed by atoms with Crippen molar-refractivity contribution in [2.75, 3.05) is 0 Å². The summed E-state index contributed by atoms with van der Waals surface area (Å²) in [5, 5.41) is 10.7. The molecule has 20 heavy (non-hydrogen) atoms. The van der Waals surface area contributed by atoms with E-state index in [1.54, 1.807) is 0 Å². The summed E-state index contributed by atoms with van der Waals surface area (Å²) >= 11 is 0. The summed E-state index contributed by atoms with van der Waals surface area (Å²) in [6.45, 7) is 0. The molecule has 9 heteroatoms. The molecule has 4 nitrogen and oxygen atoms in total. The molecule has 1 fully saturated rings. The lowest BCUT2D eigenvalue weighted by molar-refractivity contribution is -0.140. The van der Waals surface area contributed by atoms with Crippen LogP contribution < -0.4 is 5.32 Å². The first kappa shape index (κ1) is 14.2. The minimum absolute atomic E-state index is 0.685. The number of carboxylic acids is 1. The van der Waals surface area contributed by atoms with Crippen molar-refractivity contribution in [1.29, 1.82) is 0 Å². The molecule has 1 aromatic carbocycles. The van der Waals surface area contributed by atoms with E-state index in [-0.39, 0.29) is 0 Å². The summed E-state index contributed by atoms with van der Waals surface area (Å²) in [5.41, 5.74) is -1.30. The number of carbonyl (C=O) groups is 2. The summed E-state index contributed by atoms with van der Waals surface area (Å²) in [7, 11) is 0. The van der Waals surface area contributed by atoms with Gasteiger partial charge in [0.05, 0.1) is 0 Å². The van der Waals surface area contributed by atoms with E-state index in [0.717, 1.165) is 0 Å². The molecular weight excluding hydrogens is 289 g/mol. The zero-order chi connectivity index (χ0) is 15.2. The predicted octanol–water partition coefficient (Wildman–Crippen LogP) is 1.44. The molecule has 1 aromatic rings. The van der Waals surface area contributed by atoms with Gasteiger partial charge in [-0.3, -0.25) is 4.79 Å². The molecule has 1 aliphatic rings. The summed E-state index contributed by atoms with van der Waals surface area (Å²) in [4.78, 5) is 22.0. The van der Waals surface area contributed by atoms with Crippen LogP contribution in [0.4, 0.5) is 22.0 Å². The molecular formula is C11H6F5NO3. The Kier molecular flexibility index (Phi) is 3.36. The highest BCUT2D eigenvalue weighted by Crippen LogP contribution is 2.35. The summed E-state index contributed by atoms with van der Waals surface area (Å²) in [5.74, 6) is -15.1. The maximum Gasteiger partial charge on any atom is 0.326 e. The zero-order valence-corrected chi connectivity index (χ0v) is 9.52. The third-order valence-corrected chi connectivity index (χ3v) is 3.00. The summed E-state index contributed by atoms with van der Waals surface area (Å²) < 4.78 is 66.2. The van der Waals surface area contributed by atoms with Crippen molar-refractivity contribution in [3.05, 3.63) is 34.6 Å². The quantitative estimate of drug-likeness (QED) is 0.493. The highest BCUT2D eigenvalue weighted by molar-refractivity contribution is 5.89. The van der Waals surface area contributed by atoms with Crippen LogP contribution in [-0.2, 0) is 9.59 Å². The van der Waals surface area contributed by atoms with Crippen LogP contribution in [0.25, 0.3) is 0 Å². The maximum absolute atomic E-state index is 13.6. The number of benzene rings is 1. The molecule has 0 spiro atoms. The van der Waals surface area contributed by atoms with E-state index < -0.39 is 64.9 Å². The number of carbonyl (C=O) groups excluding carboxylic acids is 1. The molecule has 108 valence electrons. The summed E-state index contributed by atoms with van der Waals surface area (Å²) in [6.07, 6.45) is -0.685. The Morgan fingerprint density at radius 3 is 1.90 bits per heavy atom. The largest absolute Gasteiger partial charge is 0.480 e. The molecule has 0 bridgehead atoms. The predicted molar refractivity (Wildman–Crippen MR) is 53.2 cm³/mol. The van der Waals surface area contributed by atoms with Crippen molar-refractivity contribution in [3.63, 3.8) is 0 Å². The maximum atomic E-state index is 13.6.